The molecule has 4 heteroatoms. The zero-order valence-electron chi connectivity index (χ0n) is 16.0. The summed E-state index contributed by atoms with van der Waals surface area (Å²) in [5.74, 6) is 1.38. The number of anilines is 4. The zero-order chi connectivity index (χ0) is 19.3. The van der Waals surface area contributed by atoms with Crippen molar-refractivity contribution in [3.05, 3.63) is 96.3 Å². The molecule has 28 heavy (non-hydrogen) atoms. The van der Waals surface area contributed by atoms with Gasteiger partial charge < -0.3 is 10.6 Å². The highest BCUT2D eigenvalue weighted by molar-refractivity contribution is 5.77. The van der Waals surface area contributed by atoms with Gasteiger partial charge in [-0.25, -0.2) is 9.97 Å². The summed E-state index contributed by atoms with van der Waals surface area (Å²) in [6, 6.07) is 24.7. The molecule has 0 bridgehead atoms. The fourth-order valence-electron chi connectivity index (χ4n) is 3.41. The molecule has 0 fully saturated rings. The van der Waals surface area contributed by atoms with Gasteiger partial charge in [-0.15, -0.1) is 0 Å². The van der Waals surface area contributed by atoms with E-state index in [4.69, 9.17) is 0 Å². The molecule has 1 aromatic heterocycles. The van der Waals surface area contributed by atoms with E-state index in [-0.39, 0.29) is 0 Å². The van der Waals surface area contributed by atoms with Crippen LogP contribution in [0.2, 0.25) is 0 Å². The van der Waals surface area contributed by atoms with Gasteiger partial charge in [0.05, 0.1) is 0 Å². The lowest BCUT2D eigenvalue weighted by Crippen LogP contribution is -2.02. The van der Waals surface area contributed by atoms with Crippen molar-refractivity contribution in [3.8, 4) is 11.1 Å². The third-order valence-corrected chi connectivity index (χ3v) is 4.59. The quantitative estimate of drug-likeness (QED) is 0.438. The summed E-state index contributed by atoms with van der Waals surface area (Å²) in [4.78, 5) is 8.92. The van der Waals surface area contributed by atoms with Crippen molar-refractivity contribution in [1.82, 2.24) is 9.97 Å². The third-order valence-electron chi connectivity index (χ3n) is 4.59. The monoisotopic (exact) mass is 366 g/mol. The van der Waals surface area contributed by atoms with Crippen LogP contribution < -0.4 is 10.6 Å². The van der Waals surface area contributed by atoms with Gasteiger partial charge >= 0.3 is 0 Å². The van der Waals surface area contributed by atoms with E-state index < -0.39 is 0 Å². The van der Waals surface area contributed by atoms with E-state index in [1.54, 1.807) is 12.4 Å². The second-order valence-electron chi connectivity index (χ2n) is 6.72. The van der Waals surface area contributed by atoms with Crippen LogP contribution in [-0.4, -0.2) is 9.97 Å². The van der Waals surface area contributed by atoms with Crippen molar-refractivity contribution in [2.45, 2.75) is 13.8 Å². The molecule has 0 saturated heterocycles. The molecule has 4 rings (SSSR count). The van der Waals surface area contributed by atoms with Crippen LogP contribution in [0.4, 0.5) is 23.0 Å². The number of hydrogen-bond acceptors (Lipinski definition) is 4. The second-order valence-corrected chi connectivity index (χ2v) is 6.72. The van der Waals surface area contributed by atoms with Crippen molar-refractivity contribution < 1.29 is 0 Å². The van der Waals surface area contributed by atoms with Crippen molar-refractivity contribution >= 4 is 23.0 Å². The summed E-state index contributed by atoms with van der Waals surface area (Å²) >= 11 is 0. The maximum Gasteiger partial charge on any atom is 0.173 e. The number of nitrogens with zero attached hydrogens (tertiary/aromatic N) is 2. The molecule has 0 saturated carbocycles. The van der Waals surface area contributed by atoms with E-state index in [0.717, 1.165) is 11.4 Å². The summed E-state index contributed by atoms with van der Waals surface area (Å²) in [5, 5.41) is 6.74. The van der Waals surface area contributed by atoms with E-state index in [2.05, 4.69) is 70.8 Å². The van der Waals surface area contributed by atoms with Crippen LogP contribution in [0.1, 0.15) is 11.1 Å². The first kappa shape index (κ1) is 17.7. The van der Waals surface area contributed by atoms with Crippen molar-refractivity contribution in [1.29, 1.82) is 0 Å². The summed E-state index contributed by atoms with van der Waals surface area (Å²) in [6.45, 7) is 4.28. The van der Waals surface area contributed by atoms with Gasteiger partial charge in [-0.05, 0) is 60.4 Å². The number of hydrogen-bond donors (Lipinski definition) is 2. The fourth-order valence-corrected chi connectivity index (χ4v) is 3.41. The molecule has 138 valence electrons. The van der Waals surface area contributed by atoms with Crippen molar-refractivity contribution in [2.24, 2.45) is 0 Å². The van der Waals surface area contributed by atoms with Crippen LogP contribution in [0.25, 0.3) is 11.1 Å². The minimum absolute atomic E-state index is 0.691. The number of nitrogens with one attached hydrogen (secondary N) is 2. The minimum Gasteiger partial charge on any atom is -0.337 e. The Morgan fingerprint density at radius 1 is 0.607 bits per heavy atom. The molecule has 0 aliphatic rings. The Balaban J connectivity index is 1.64. The van der Waals surface area contributed by atoms with Crippen LogP contribution in [0, 0.1) is 13.8 Å². The van der Waals surface area contributed by atoms with Crippen LogP contribution in [-0.2, 0) is 0 Å². The van der Waals surface area contributed by atoms with E-state index >= 15 is 0 Å². The average molecular weight is 366 g/mol. The number of para-hydroxylation sites is 1. The second kappa shape index (κ2) is 7.92. The Hall–Kier alpha value is -3.66. The van der Waals surface area contributed by atoms with Gasteiger partial charge in [-0.3, -0.25) is 0 Å². The maximum absolute atomic E-state index is 4.47. The first-order valence-corrected chi connectivity index (χ1v) is 9.27. The van der Waals surface area contributed by atoms with Gasteiger partial charge in [-0.2, -0.15) is 0 Å². The Morgan fingerprint density at radius 2 is 1.11 bits per heavy atom. The number of aryl methyl sites for hydroxylation is 2. The van der Waals surface area contributed by atoms with E-state index in [9.17, 15) is 0 Å². The van der Waals surface area contributed by atoms with Crippen LogP contribution in [0.3, 0.4) is 0 Å². The molecular formula is C24H22N4. The lowest BCUT2D eigenvalue weighted by molar-refractivity contribution is 1.19. The van der Waals surface area contributed by atoms with Gasteiger partial charge in [0.15, 0.2) is 11.6 Å². The largest absolute Gasteiger partial charge is 0.337 e. The molecule has 3 aromatic carbocycles. The number of aromatic nitrogens is 2. The molecule has 0 unspecified atom stereocenters. The summed E-state index contributed by atoms with van der Waals surface area (Å²) < 4.78 is 0. The average Bonchev–Trinajstić information content (AvgIpc) is 2.71. The molecule has 1 heterocycles. The molecule has 0 spiro atoms. The van der Waals surface area contributed by atoms with Crippen LogP contribution in [0.15, 0.2) is 85.2 Å². The molecule has 0 atom stereocenters. The smallest absolute Gasteiger partial charge is 0.173 e. The third kappa shape index (κ3) is 3.86. The summed E-state index contributed by atoms with van der Waals surface area (Å²) in [6.07, 6.45) is 3.38. The lowest BCUT2D eigenvalue weighted by atomic mass is 9.95. The SMILES string of the molecule is Cc1cc(Nc2nccnc2Nc2ccccc2)cc(C)c1-c1ccccc1. The molecular weight excluding hydrogens is 344 g/mol. The van der Waals surface area contributed by atoms with Crippen LogP contribution >= 0.6 is 0 Å². The summed E-state index contributed by atoms with van der Waals surface area (Å²) in [5.41, 5.74) is 6.90. The van der Waals surface area contributed by atoms with Gasteiger partial charge in [0.25, 0.3) is 0 Å². The standard InChI is InChI=1S/C24H22N4/c1-17-15-21(16-18(2)22(17)19-9-5-3-6-10-19)28-24-23(25-13-14-26-24)27-20-11-7-4-8-12-20/h3-16H,1-2H3,(H,25,27)(H,26,28). The minimum atomic E-state index is 0.691. The number of rotatable bonds is 5. The fraction of sp³-hybridized carbons (Fsp3) is 0.0833. The molecule has 0 aliphatic heterocycles. The molecule has 4 nitrogen and oxygen atoms in total. The molecule has 2 N–H and O–H groups in total. The topological polar surface area (TPSA) is 49.8 Å². The highest BCUT2D eigenvalue weighted by Crippen LogP contribution is 2.32. The highest BCUT2D eigenvalue weighted by atomic mass is 15.1. The number of benzene rings is 3. The highest BCUT2D eigenvalue weighted by Gasteiger charge is 2.10. The lowest BCUT2D eigenvalue weighted by Gasteiger charge is -2.15. The van der Waals surface area contributed by atoms with Crippen LogP contribution in [0.5, 0.6) is 0 Å². The van der Waals surface area contributed by atoms with E-state index in [1.807, 2.05) is 36.4 Å². The van der Waals surface area contributed by atoms with Gasteiger partial charge in [-0.1, -0.05) is 48.5 Å². The molecule has 0 aliphatic carbocycles. The normalized spacial score (nSPS) is 10.5. The van der Waals surface area contributed by atoms with E-state index in [1.165, 1.54) is 22.3 Å². The van der Waals surface area contributed by atoms with Gasteiger partial charge in [0.1, 0.15) is 0 Å². The Morgan fingerprint density at radius 3 is 1.68 bits per heavy atom. The Kier molecular flexibility index (Phi) is 5.02. The molecule has 4 aromatic rings. The predicted octanol–water partition coefficient (Wildman–Crippen LogP) is 6.25. The van der Waals surface area contributed by atoms with Gasteiger partial charge in [0, 0.05) is 23.8 Å². The van der Waals surface area contributed by atoms with Crippen molar-refractivity contribution in [2.75, 3.05) is 10.6 Å². The first-order chi connectivity index (χ1) is 13.7. The summed E-state index contributed by atoms with van der Waals surface area (Å²) in [7, 11) is 0. The van der Waals surface area contributed by atoms with E-state index in [0.29, 0.717) is 11.6 Å². The Bertz CT molecular complexity index is 1050. The Labute approximate surface area is 165 Å². The first-order valence-electron chi connectivity index (χ1n) is 9.27. The zero-order valence-corrected chi connectivity index (χ0v) is 16.0. The molecule has 0 radical (unpaired) electrons. The van der Waals surface area contributed by atoms with Crippen molar-refractivity contribution in [3.63, 3.8) is 0 Å². The predicted molar refractivity (Wildman–Crippen MR) is 116 cm³/mol. The van der Waals surface area contributed by atoms with Gasteiger partial charge in [0.2, 0.25) is 0 Å². The maximum atomic E-state index is 4.47. The molecule has 0 amide bonds.